The Bertz CT molecular complexity index is 1290. The fourth-order valence-corrected chi connectivity index (χ4v) is 5.21. The van der Waals surface area contributed by atoms with Crippen molar-refractivity contribution in [2.45, 2.75) is 51.4 Å². The summed E-state index contributed by atoms with van der Waals surface area (Å²) in [6.45, 7) is 3.89. The van der Waals surface area contributed by atoms with Crippen LogP contribution in [-0.2, 0) is 16.0 Å². The van der Waals surface area contributed by atoms with Crippen LogP contribution in [0.25, 0.3) is 10.9 Å². The van der Waals surface area contributed by atoms with Gasteiger partial charge in [0.1, 0.15) is 23.0 Å². The zero-order valence-corrected chi connectivity index (χ0v) is 22.3. The summed E-state index contributed by atoms with van der Waals surface area (Å²) in [6, 6.07) is 10.8. The lowest BCUT2D eigenvalue weighted by atomic mass is 10.0. The smallest absolute Gasteiger partial charge is 0.211 e. The van der Waals surface area contributed by atoms with Gasteiger partial charge in [0.2, 0.25) is 6.41 Å². The number of Topliss-reactive ketones (excluding diaryl/α,β-unsaturated/α-hetero) is 1. The van der Waals surface area contributed by atoms with Crippen LogP contribution in [0.4, 0.5) is 5.69 Å². The topological polar surface area (TPSA) is 80.8 Å². The van der Waals surface area contributed by atoms with Gasteiger partial charge in [-0.05, 0) is 80.9 Å². The Labute approximate surface area is 228 Å². The van der Waals surface area contributed by atoms with Gasteiger partial charge in [-0.15, -0.1) is 0 Å². The van der Waals surface area contributed by atoms with Crippen molar-refractivity contribution in [3.8, 4) is 17.2 Å². The molecule has 1 aliphatic heterocycles. The number of aromatic nitrogens is 1. The number of piperidine rings is 1. The molecule has 1 saturated carbocycles. The molecule has 3 aromatic rings. The number of hydrogen-bond donors (Lipinski definition) is 1. The molecule has 7 nitrogen and oxygen atoms in total. The van der Waals surface area contributed by atoms with Crippen LogP contribution in [0.15, 0.2) is 42.6 Å². The predicted octanol–water partition coefficient (Wildman–Crippen LogP) is 6.42. The Kier molecular flexibility index (Phi) is 8.76. The van der Waals surface area contributed by atoms with Gasteiger partial charge in [0.15, 0.2) is 0 Å². The number of rotatable bonds is 13. The number of carbonyl (C=O) groups excluding carboxylic acids is 2. The Balaban J connectivity index is 1.28. The van der Waals surface area contributed by atoms with Gasteiger partial charge in [-0.1, -0.05) is 24.1 Å². The summed E-state index contributed by atoms with van der Waals surface area (Å²) < 4.78 is 12.2. The van der Waals surface area contributed by atoms with Gasteiger partial charge in [0.05, 0.1) is 17.8 Å². The van der Waals surface area contributed by atoms with Crippen LogP contribution in [-0.4, -0.2) is 48.3 Å². The number of nitrogens with one attached hydrogen (secondary N) is 1. The highest BCUT2D eigenvalue weighted by molar-refractivity contribution is 6.31. The molecule has 200 valence electrons. The maximum atomic E-state index is 12.3. The molecule has 2 aromatic carbocycles. The van der Waals surface area contributed by atoms with Crippen molar-refractivity contribution in [1.82, 2.24) is 9.88 Å². The summed E-state index contributed by atoms with van der Waals surface area (Å²) in [7, 11) is 0. The van der Waals surface area contributed by atoms with Crippen LogP contribution in [0.3, 0.4) is 0 Å². The molecule has 0 atom stereocenters. The number of ketones is 1. The normalized spacial score (nSPS) is 15.8. The lowest BCUT2D eigenvalue weighted by Crippen LogP contribution is -2.31. The molecule has 0 bridgehead atoms. The predicted molar refractivity (Wildman–Crippen MR) is 149 cm³/mol. The van der Waals surface area contributed by atoms with Crippen LogP contribution < -0.4 is 14.8 Å². The number of carbonyl (C=O) groups is 2. The van der Waals surface area contributed by atoms with Gasteiger partial charge in [-0.25, -0.2) is 0 Å². The number of nitrogens with zero attached hydrogens (tertiary/aromatic N) is 2. The number of anilines is 1. The van der Waals surface area contributed by atoms with Crippen LogP contribution >= 0.6 is 11.6 Å². The zero-order valence-electron chi connectivity index (χ0n) is 21.6. The van der Waals surface area contributed by atoms with E-state index in [2.05, 4.69) is 15.2 Å². The molecule has 0 radical (unpaired) electrons. The number of likely N-dealkylation sites (tertiary alicyclic amines) is 1. The fraction of sp³-hybridized carbons (Fsp3) is 0.433. The molecule has 2 fully saturated rings. The summed E-state index contributed by atoms with van der Waals surface area (Å²) in [5.74, 6) is 2.50. The second kappa shape index (κ2) is 12.6. The second-order valence-corrected chi connectivity index (χ2v) is 10.7. The molecule has 2 heterocycles. The van der Waals surface area contributed by atoms with E-state index in [0.717, 1.165) is 49.8 Å². The largest absolute Gasteiger partial charge is 0.491 e. The van der Waals surface area contributed by atoms with E-state index in [1.807, 2.05) is 24.3 Å². The summed E-state index contributed by atoms with van der Waals surface area (Å²) in [5.41, 5.74) is 2.06. The first-order chi connectivity index (χ1) is 18.6. The number of pyridine rings is 1. The Morgan fingerprint density at radius 2 is 1.95 bits per heavy atom. The minimum Gasteiger partial charge on any atom is -0.491 e. The second-order valence-electron chi connectivity index (χ2n) is 10.3. The van der Waals surface area contributed by atoms with E-state index in [4.69, 9.17) is 21.1 Å². The van der Waals surface area contributed by atoms with Crippen LogP contribution in [0.2, 0.25) is 5.02 Å². The van der Waals surface area contributed by atoms with Gasteiger partial charge in [0.25, 0.3) is 0 Å². The van der Waals surface area contributed by atoms with Gasteiger partial charge in [-0.3, -0.25) is 14.6 Å². The van der Waals surface area contributed by atoms with E-state index in [0.29, 0.717) is 65.3 Å². The van der Waals surface area contributed by atoms with E-state index < -0.39 is 0 Å². The van der Waals surface area contributed by atoms with Gasteiger partial charge in [0, 0.05) is 42.1 Å². The molecule has 1 N–H and O–H groups in total. The van der Waals surface area contributed by atoms with Crippen molar-refractivity contribution < 1.29 is 19.1 Å². The molecule has 8 heteroatoms. The van der Waals surface area contributed by atoms with Crippen LogP contribution in [0.5, 0.6) is 17.2 Å². The van der Waals surface area contributed by atoms with Gasteiger partial charge in [-0.2, -0.15) is 0 Å². The van der Waals surface area contributed by atoms with E-state index in [-0.39, 0.29) is 5.78 Å². The third-order valence-corrected chi connectivity index (χ3v) is 7.55. The molecule has 1 saturated heterocycles. The summed E-state index contributed by atoms with van der Waals surface area (Å²) in [4.78, 5) is 30.6. The highest BCUT2D eigenvalue weighted by atomic mass is 35.5. The third kappa shape index (κ3) is 7.03. The maximum Gasteiger partial charge on any atom is 0.211 e. The molecular formula is C30H34ClN3O4. The molecule has 1 aromatic heterocycles. The minimum absolute atomic E-state index is 0.225. The Morgan fingerprint density at radius 3 is 2.71 bits per heavy atom. The molecule has 0 spiro atoms. The average Bonchev–Trinajstić information content (AvgIpc) is 3.73. The van der Waals surface area contributed by atoms with Crippen molar-refractivity contribution >= 4 is 40.4 Å². The standard InChI is InChI=1S/C30H34ClN3O4/c31-26-17-24(8-7-22(26)16-23(36)15-21-5-6-21)38-29-9-10-32-27-19-30(28(33-20-35)18-25(27)29)37-14-4-13-34-11-2-1-3-12-34/h7-10,17-21H,1-6,11-16H2,(H,33,35). The fourth-order valence-electron chi connectivity index (χ4n) is 4.98. The Morgan fingerprint density at radius 1 is 1.11 bits per heavy atom. The van der Waals surface area contributed by atoms with Crippen molar-refractivity contribution in [3.63, 3.8) is 0 Å². The lowest BCUT2D eigenvalue weighted by Gasteiger charge is -2.26. The quantitative estimate of drug-likeness (QED) is 0.201. The van der Waals surface area contributed by atoms with Crippen LogP contribution in [0.1, 0.15) is 50.5 Å². The first kappa shape index (κ1) is 26.4. The number of halogens is 1. The first-order valence-corrected chi connectivity index (χ1v) is 13.9. The van der Waals surface area contributed by atoms with E-state index in [9.17, 15) is 9.59 Å². The van der Waals surface area contributed by atoms with Crippen molar-refractivity contribution in [2.75, 3.05) is 31.6 Å². The first-order valence-electron chi connectivity index (χ1n) is 13.5. The third-order valence-electron chi connectivity index (χ3n) is 7.20. The molecule has 2 aliphatic rings. The number of fused-ring (bicyclic) bond motifs is 1. The molecule has 0 unspecified atom stereocenters. The van der Waals surface area contributed by atoms with Gasteiger partial charge < -0.3 is 19.7 Å². The Hall–Kier alpha value is -3.16. The maximum absolute atomic E-state index is 12.3. The number of ether oxygens (including phenoxy) is 2. The van der Waals surface area contributed by atoms with E-state index in [1.54, 1.807) is 18.3 Å². The number of benzene rings is 2. The van der Waals surface area contributed by atoms with Crippen molar-refractivity contribution in [3.05, 3.63) is 53.2 Å². The molecule has 38 heavy (non-hydrogen) atoms. The van der Waals surface area contributed by atoms with Crippen molar-refractivity contribution in [1.29, 1.82) is 0 Å². The van der Waals surface area contributed by atoms with E-state index in [1.165, 1.54) is 19.3 Å². The number of amides is 1. The molecule has 1 aliphatic carbocycles. The highest BCUT2D eigenvalue weighted by Gasteiger charge is 2.24. The van der Waals surface area contributed by atoms with Gasteiger partial charge >= 0.3 is 0 Å². The van der Waals surface area contributed by atoms with Crippen LogP contribution in [0, 0.1) is 5.92 Å². The summed E-state index contributed by atoms with van der Waals surface area (Å²) >= 11 is 6.49. The zero-order chi connectivity index (χ0) is 26.3. The average molecular weight is 536 g/mol. The molecule has 5 rings (SSSR count). The van der Waals surface area contributed by atoms with Crippen molar-refractivity contribution in [2.24, 2.45) is 5.92 Å². The summed E-state index contributed by atoms with van der Waals surface area (Å²) in [6.07, 6.45) is 10.4. The highest BCUT2D eigenvalue weighted by Crippen LogP contribution is 2.37. The SMILES string of the molecule is O=CNc1cc2c(Oc3ccc(CC(=O)CC4CC4)c(Cl)c3)ccnc2cc1OCCCN1CCCCC1. The van der Waals surface area contributed by atoms with E-state index >= 15 is 0 Å². The minimum atomic E-state index is 0.225. The molecule has 1 amide bonds. The number of hydrogen-bond acceptors (Lipinski definition) is 6. The molecular weight excluding hydrogens is 502 g/mol. The lowest BCUT2D eigenvalue weighted by molar-refractivity contribution is -0.118. The summed E-state index contributed by atoms with van der Waals surface area (Å²) in [5, 5.41) is 3.99. The monoisotopic (exact) mass is 535 g/mol.